The molecular formula is C17H16N2O. The lowest BCUT2D eigenvalue weighted by Gasteiger charge is -2.14. The summed E-state index contributed by atoms with van der Waals surface area (Å²) in [5.41, 5.74) is 4.11. The second-order valence-corrected chi connectivity index (χ2v) is 5.07. The molecule has 2 aromatic rings. The van der Waals surface area contributed by atoms with Crippen molar-refractivity contribution < 1.29 is 4.74 Å². The molecule has 0 spiro atoms. The van der Waals surface area contributed by atoms with E-state index in [1.165, 1.54) is 5.56 Å². The van der Waals surface area contributed by atoms with Gasteiger partial charge in [0.05, 0.1) is 18.2 Å². The van der Waals surface area contributed by atoms with Crippen molar-refractivity contribution in [3.05, 3.63) is 59.2 Å². The minimum atomic E-state index is 0.358. The Kier molecular flexibility index (Phi) is 3.30. The molecule has 1 unspecified atom stereocenters. The number of anilines is 1. The molecule has 1 aliphatic rings. The highest BCUT2D eigenvalue weighted by atomic mass is 16.5. The van der Waals surface area contributed by atoms with Crippen LogP contribution in [0.2, 0.25) is 0 Å². The van der Waals surface area contributed by atoms with Gasteiger partial charge in [-0.1, -0.05) is 24.3 Å². The fourth-order valence-electron chi connectivity index (χ4n) is 2.51. The van der Waals surface area contributed by atoms with Crippen LogP contribution in [0.3, 0.4) is 0 Å². The molecule has 0 aromatic heterocycles. The standard InChI is InChI=1S/C17H16N2O/c1-12-6-7-13(9-18)8-16(12)19-10-14-11-20-17-5-3-2-4-15(14)17/h2-8,14,19H,10-11H2,1H3. The predicted molar refractivity (Wildman–Crippen MR) is 79.1 cm³/mol. The van der Waals surface area contributed by atoms with E-state index in [-0.39, 0.29) is 0 Å². The van der Waals surface area contributed by atoms with Crippen LogP contribution in [0.25, 0.3) is 0 Å². The smallest absolute Gasteiger partial charge is 0.122 e. The number of hydrogen-bond donors (Lipinski definition) is 1. The number of ether oxygens (including phenoxy) is 1. The van der Waals surface area contributed by atoms with Crippen LogP contribution in [0, 0.1) is 18.3 Å². The third-order valence-corrected chi connectivity index (χ3v) is 3.70. The molecule has 0 fully saturated rings. The van der Waals surface area contributed by atoms with Crippen LogP contribution in [-0.4, -0.2) is 13.2 Å². The first-order chi connectivity index (χ1) is 9.78. The number of para-hydroxylation sites is 1. The van der Waals surface area contributed by atoms with Crippen LogP contribution in [0.1, 0.15) is 22.6 Å². The highest BCUT2D eigenvalue weighted by molar-refractivity contribution is 5.55. The van der Waals surface area contributed by atoms with Gasteiger partial charge in [-0.15, -0.1) is 0 Å². The van der Waals surface area contributed by atoms with Crippen LogP contribution in [0.5, 0.6) is 5.75 Å². The maximum atomic E-state index is 8.97. The summed E-state index contributed by atoms with van der Waals surface area (Å²) in [5, 5.41) is 12.4. The summed E-state index contributed by atoms with van der Waals surface area (Å²) in [6.07, 6.45) is 0. The van der Waals surface area contributed by atoms with Gasteiger partial charge in [-0.25, -0.2) is 0 Å². The summed E-state index contributed by atoms with van der Waals surface area (Å²) in [6.45, 7) is 3.57. The molecule has 3 heteroatoms. The molecule has 20 heavy (non-hydrogen) atoms. The molecule has 1 heterocycles. The lowest BCUT2D eigenvalue weighted by molar-refractivity contribution is 0.334. The summed E-state index contributed by atoms with van der Waals surface area (Å²) in [5.74, 6) is 1.35. The van der Waals surface area contributed by atoms with Crippen molar-refractivity contribution in [1.29, 1.82) is 5.26 Å². The van der Waals surface area contributed by atoms with Crippen molar-refractivity contribution >= 4 is 5.69 Å². The average Bonchev–Trinajstić information content (AvgIpc) is 2.90. The molecule has 0 radical (unpaired) electrons. The highest BCUT2D eigenvalue weighted by Crippen LogP contribution is 2.33. The van der Waals surface area contributed by atoms with Crippen molar-refractivity contribution in [2.24, 2.45) is 0 Å². The molecule has 0 saturated heterocycles. The monoisotopic (exact) mass is 264 g/mol. The van der Waals surface area contributed by atoms with Crippen LogP contribution < -0.4 is 10.1 Å². The summed E-state index contributed by atoms with van der Waals surface area (Å²) < 4.78 is 5.68. The molecule has 100 valence electrons. The molecule has 0 saturated carbocycles. The van der Waals surface area contributed by atoms with Crippen molar-refractivity contribution in [1.82, 2.24) is 0 Å². The summed E-state index contributed by atoms with van der Waals surface area (Å²) in [6, 6.07) is 16.1. The van der Waals surface area contributed by atoms with Crippen molar-refractivity contribution in [2.75, 3.05) is 18.5 Å². The molecular weight excluding hydrogens is 248 g/mol. The lowest BCUT2D eigenvalue weighted by atomic mass is 10.0. The van der Waals surface area contributed by atoms with E-state index in [0.29, 0.717) is 18.1 Å². The normalized spacial score (nSPS) is 16.1. The Bertz CT molecular complexity index is 673. The maximum Gasteiger partial charge on any atom is 0.122 e. The number of rotatable bonds is 3. The molecule has 3 nitrogen and oxygen atoms in total. The zero-order valence-corrected chi connectivity index (χ0v) is 11.4. The van der Waals surface area contributed by atoms with Crippen molar-refractivity contribution in [3.8, 4) is 11.8 Å². The second-order valence-electron chi connectivity index (χ2n) is 5.07. The number of benzene rings is 2. The van der Waals surface area contributed by atoms with Crippen LogP contribution in [0.4, 0.5) is 5.69 Å². The van der Waals surface area contributed by atoms with Crippen molar-refractivity contribution in [2.45, 2.75) is 12.8 Å². The Morgan fingerprint density at radius 2 is 2.15 bits per heavy atom. The molecule has 1 atom stereocenters. The fourth-order valence-corrected chi connectivity index (χ4v) is 2.51. The van der Waals surface area contributed by atoms with E-state index in [9.17, 15) is 0 Å². The predicted octanol–water partition coefficient (Wildman–Crippen LogP) is 3.45. The van der Waals surface area contributed by atoms with Gasteiger partial charge in [-0.05, 0) is 30.7 Å². The van der Waals surface area contributed by atoms with E-state index < -0.39 is 0 Å². The van der Waals surface area contributed by atoms with Gasteiger partial charge in [-0.3, -0.25) is 0 Å². The minimum absolute atomic E-state index is 0.358. The lowest BCUT2D eigenvalue weighted by Crippen LogP contribution is -2.14. The highest BCUT2D eigenvalue weighted by Gasteiger charge is 2.23. The van der Waals surface area contributed by atoms with E-state index in [2.05, 4.69) is 17.5 Å². The third-order valence-electron chi connectivity index (χ3n) is 3.70. The Morgan fingerprint density at radius 3 is 3.00 bits per heavy atom. The number of aryl methyl sites for hydroxylation is 1. The topological polar surface area (TPSA) is 45.0 Å². The van der Waals surface area contributed by atoms with Crippen LogP contribution in [-0.2, 0) is 0 Å². The first-order valence-corrected chi connectivity index (χ1v) is 6.74. The fraction of sp³-hybridized carbons (Fsp3) is 0.235. The number of nitrogens with zero attached hydrogens (tertiary/aromatic N) is 1. The summed E-state index contributed by atoms with van der Waals surface area (Å²) >= 11 is 0. The van der Waals surface area contributed by atoms with Crippen molar-refractivity contribution in [3.63, 3.8) is 0 Å². The van der Waals surface area contributed by atoms with E-state index in [1.54, 1.807) is 0 Å². The van der Waals surface area contributed by atoms with Crippen LogP contribution >= 0.6 is 0 Å². The Labute approximate surface area is 118 Å². The SMILES string of the molecule is Cc1ccc(C#N)cc1NCC1COc2ccccc21. The van der Waals surface area contributed by atoms with Gasteiger partial charge >= 0.3 is 0 Å². The quantitative estimate of drug-likeness (QED) is 0.923. The largest absolute Gasteiger partial charge is 0.493 e. The summed E-state index contributed by atoms with van der Waals surface area (Å²) in [4.78, 5) is 0. The molecule has 1 aliphatic heterocycles. The van der Waals surface area contributed by atoms with Gasteiger partial charge in [0, 0.05) is 23.7 Å². The van der Waals surface area contributed by atoms with E-state index in [4.69, 9.17) is 10.00 Å². The van der Waals surface area contributed by atoms with E-state index >= 15 is 0 Å². The average molecular weight is 264 g/mol. The number of hydrogen-bond acceptors (Lipinski definition) is 3. The van der Waals surface area contributed by atoms with Gasteiger partial charge in [0.2, 0.25) is 0 Å². The van der Waals surface area contributed by atoms with E-state index in [1.807, 2.05) is 43.3 Å². The first-order valence-electron chi connectivity index (χ1n) is 6.74. The second kappa shape index (κ2) is 5.26. The van der Waals surface area contributed by atoms with Gasteiger partial charge < -0.3 is 10.1 Å². The number of nitriles is 1. The van der Waals surface area contributed by atoms with Gasteiger partial charge in [0.25, 0.3) is 0 Å². The molecule has 0 aliphatic carbocycles. The maximum absolute atomic E-state index is 8.97. The first kappa shape index (κ1) is 12.6. The molecule has 0 bridgehead atoms. The zero-order chi connectivity index (χ0) is 13.9. The van der Waals surface area contributed by atoms with Gasteiger partial charge in [-0.2, -0.15) is 5.26 Å². The van der Waals surface area contributed by atoms with E-state index in [0.717, 1.165) is 23.5 Å². The Balaban J connectivity index is 1.74. The third kappa shape index (κ3) is 2.33. The summed E-state index contributed by atoms with van der Waals surface area (Å²) in [7, 11) is 0. The number of nitrogens with one attached hydrogen (secondary N) is 1. The van der Waals surface area contributed by atoms with Gasteiger partial charge in [0.1, 0.15) is 5.75 Å². The number of fused-ring (bicyclic) bond motifs is 1. The Hall–Kier alpha value is -2.47. The zero-order valence-electron chi connectivity index (χ0n) is 11.4. The Morgan fingerprint density at radius 1 is 1.30 bits per heavy atom. The molecule has 3 rings (SSSR count). The minimum Gasteiger partial charge on any atom is -0.493 e. The molecule has 1 N–H and O–H groups in total. The van der Waals surface area contributed by atoms with Crippen LogP contribution in [0.15, 0.2) is 42.5 Å². The molecule has 2 aromatic carbocycles. The van der Waals surface area contributed by atoms with Gasteiger partial charge in [0.15, 0.2) is 0 Å². The molecule has 0 amide bonds.